The van der Waals surface area contributed by atoms with Gasteiger partial charge in [-0.2, -0.15) is 13.2 Å². The molecule has 1 aromatic rings. The van der Waals surface area contributed by atoms with E-state index in [1.165, 1.54) is 0 Å². The van der Waals surface area contributed by atoms with Crippen LogP contribution in [0.2, 0.25) is 0 Å². The third kappa shape index (κ3) is 4.05. The van der Waals surface area contributed by atoms with Gasteiger partial charge in [0.25, 0.3) is 0 Å². The minimum atomic E-state index is -4.14. The number of nitrogens with one attached hydrogen (secondary N) is 1. The van der Waals surface area contributed by atoms with Gasteiger partial charge in [-0.1, -0.05) is 0 Å². The molecule has 0 radical (unpaired) electrons. The lowest BCUT2D eigenvalue weighted by Gasteiger charge is -2.09. The van der Waals surface area contributed by atoms with Crippen LogP contribution in [0.15, 0.2) is 12.1 Å². The summed E-state index contributed by atoms with van der Waals surface area (Å²) in [4.78, 5) is 3.99. The van der Waals surface area contributed by atoms with E-state index < -0.39 is 12.6 Å². The SMILES string of the molecule is Cc1nc(NCCC(F)(F)F)ccc1N. The van der Waals surface area contributed by atoms with Crippen molar-refractivity contribution in [2.75, 3.05) is 17.6 Å². The average molecular weight is 219 g/mol. The predicted molar refractivity (Wildman–Crippen MR) is 52.5 cm³/mol. The summed E-state index contributed by atoms with van der Waals surface area (Å²) in [6, 6.07) is 3.16. The third-order valence-electron chi connectivity index (χ3n) is 1.84. The van der Waals surface area contributed by atoms with Gasteiger partial charge < -0.3 is 11.1 Å². The number of hydrogen-bond acceptors (Lipinski definition) is 3. The Morgan fingerprint density at radius 1 is 1.40 bits per heavy atom. The highest BCUT2D eigenvalue weighted by atomic mass is 19.4. The normalized spacial score (nSPS) is 11.5. The van der Waals surface area contributed by atoms with Crippen LogP contribution in [0.5, 0.6) is 0 Å². The van der Waals surface area contributed by atoms with Crippen LogP contribution in [0.25, 0.3) is 0 Å². The Bertz CT molecular complexity index is 336. The van der Waals surface area contributed by atoms with Crippen molar-refractivity contribution in [2.24, 2.45) is 0 Å². The number of rotatable bonds is 3. The van der Waals surface area contributed by atoms with Crippen LogP contribution in [0.3, 0.4) is 0 Å². The van der Waals surface area contributed by atoms with Crippen molar-refractivity contribution in [1.82, 2.24) is 4.98 Å². The van der Waals surface area contributed by atoms with Crippen LogP contribution in [-0.2, 0) is 0 Å². The Hall–Kier alpha value is -1.46. The summed E-state index contributed by atoms with van der Waals surface area (Å²) in [5.41, 5.74) is 6.64. The zero-order valence-electron chi connectivity index (χ0n) is 8.23. The van der Waals surface area contributed by atoms with Gasteiger partial charge in [0.05, 0.1) is 17.8 Å². The molecule has 0 unspecified atom stereocenters. The molecular formula is C9H12F3N3. The largest absolute Gasteiger partial charge is 0.397 e. The number of nitrogens with two attached hydrogens (primary N) is 1. The first kappa shape index (κ1) is 11.6. The molecule has 84 valence electrons. The van der Waals surface area contributed by atoms with Gasteiger partial charge in [0.15, 0.2) is 0 Å². The number of hydrogen-bond donors (Lipinski definition) is 2. The number of aryl methyl sites for hydroxylation is 1. The first-order valence-corrected chi connectivity index (χ1v) is 4.42. The predicted octanol–water partition coefficient (Wildman–Crippen LogP) is 2.34. The van der Waals surface area contributed by atoms with Gasteiger partial charge in [0.1, 0.15) is 5.82 Å². The van der Waals surface area contributed by atoms with Crippen LogP contribution in [0, 0.1) is 6.92 Å². The zero-order valence-corrected chi connectivity index (χ0v) is 8.23. The third-order valence-corrected chi connectivity index (χ3v) is 1.84. The number of aromatic nitrogens is 1. The smallest absolute Gasteiger partial charge is 0.390 e. The van der Waals surface area contributed by atoms with Crippen molar-refractivity contribution >= 4 is 11.5 Å². The summed E-state index contributed by atoms with van der Waals surface area (Å²) in [5.74, 6) is 0.408. The summed E-state index contributed by atoms with van der Waals surface area (Å²) in [7, 11) is 0. The molecule has 3 N–H and O–H groups in total. The molecule has 0 aliphatic rings. The Morgan fingerprint density at radius 3 is 2.60 bits per heavy atom. The fourth-order valence-electron chi connectivity index (χ4n) is 1.00. The van der Waals surface area contributed by atoms with E-state index >= 15 is 0 Å². The summed E-state index contributed by atoms with van der Waals surface area (Å²) in [6.45, 7) is 1.52. The summed E-state index contributed by atoms with van der Waals surface area (Å²) < 4.78 is 35.5. The van der Waals surface area contributed by atoms with Crippen molar-refractivity contribution < 1.29 is 13.2 Å². The zero-order chi connectivity index (χ0) is 11.5. The standard InChI is InChI=1S/C9H12F3N3/c1-6-7(13)2-3-8(15-6)14-5-4-9(10,11)12/h2-3H,4-5,13H2,1H3,(H,14,15). The van der Waals surface area contributed by atoms with Gasteiger partial charge in [-0.25, -0.2) is 4.98 Å². The molecular weight excluding hydrogens is 207 g/mol. The molecule has 0 aromatic carbocycles. The van der Waals surface area contributed by atoms with Gasteiger partial charge in [-0.05, 0) is 19.1 Å². The minimum Gasteiger partial charge on any atom is -0.397 e. The summed E-state index contributed by atoms with van der Waals surface area (Å²) in [6.07, 6.45) is -5.02. The van der Waals surface area contributed by atoms with Crippen molar-refractivity contribution in [3.63, 3.8) is 0 Å². The van der Waals surface area contributed by atoms with E-state index in [4.69, 9.17) is 5.73 Å². The molecule has 1 rings (SSSR count). The van der Waals surface area contributed by atoms with E-state index in [9.17, 15) is 13.2 Å². The highest BCUT2D eigenvalue weighted by molar-refractivity contribution is 5.48. The van der Waals surface area contributed by atoms with Gasteiger partial charge in [-0.3, -0.25) is 0 Å². The first-order chi connectivity index (χ1) is 6.88. The lowest BCUT2D eigenvalue weighted by Crippen LogP contribution is -2.15. The summed E-state index contributed by atoms with van der Waals surface area (Å²) in [5, 5.41) is 2.58. The monoisotopic (exact) mass is 219 g/mol. The molecule has 0 fully saturated rings. The molecule has 3 nitrogen and oxygen atoms in total. The second-order valence-corrected chi connectivity index (χ2v) is 3.16. The second kappa shape index (κ2) is 4.37. The molecule has 0 saturated heterocycles. The highest BCUT2D eigenvalue weighted by Gasteiger charge is 2.26. The molecule has 0 aliphatic carbocycles. The molecule has 1 aromatic heterocycles. The Labute approximate surface area is 85.5 Å². The van der Waals surface area contributed by atoms with Crippen molar-refractivity contribution in [2.45, 2.75) is 19.5 Å². The molecule has 1 heterocycles. The van der Waals surface area contributed by atoms with Crippen molar-refractivity contribution in [3.8, 4) is 0 Å². The van der Waals surface area contributed by atoms with Crippen LogP contribution >= 0.6 is 0 Å². The summed E-state index contributed by atoms with van der Waals surface area (Å²) >= 11 is 0. The lowest BCUT2D eigenvalue weighted by atomic mass is 10.3. The molecule has 0 spiro atoms. The number of halogens is 3. The van der Waals surface area contributed by atoms with Crippen LogP contribution in [0.4, 0.5) is 24.7 Å². The maximum absolute atomic E-state index is 11.8. The Balaban J connectivity index is 2.48. The topological polar surface area (TPSA) is 50.9 Å². The number of alkyl halides is 3. The number of nitrogen functional groups attached to an aromatic ring is 1. The fraction of sp³-hybridized carbons (Fsp3) is 0.444. The minimum absolute atomic E-state index is 0.181. The Kier molecular flexibility index (Phi) is 3.39. The molecule has 0 amide bonds. The van der Waals surface area contributed by atoms with E-state index in [0.29, 0.717) is 17.2 Å². The molecule has 6 heteroatoms. The molecule has 0 atom stereocenters. The van der Waals surface area contributed by atoms with Crippen LogP contribution in [0.1, 0.15) is 12.1 Å². The van der Waals surface area contributed by atoms with Gasteiger partial charge in [-0.15, -0.1) is 0 Å². The van der Waals surface area contributed by atoms with E-state index in [-0.39, 0.29) is 6.54 Å². The molecule has 0 bridgehead atoms. The quantitative estimate of drug-likeness (QED) is 0.820. The van der Waals surface area contributed by atoms with Gasteiger partial charge >= 0.3 is 6.18 Å². The van der Waals surface area contributed by atoms with E-state index in [1.54, 1.807) is 19.1 Å². The van der Waals surface area contributed by atoms with Crippen molar-refractivity contribution in [3.05, 3.63) is 17.8 Å². The fourth-order valence-corrected chi connectivity index (χ4v) is 1.00. The van der Waals surface area contributed by atoms with Gasteiger partial charge in [0.2, 0.25) is 0 Å². The first-order valence-electron chi connectivity index (χ1n) is 4.42. The van der Waals surface area contributed by atoms with Gasteiger partial charge in [0, 0.05) is 6.54 Å². The number of pyridine rings is 1. The molecule has 15 heavy (non-hydrogen) atoms. The van der Waals surface area contributed by atoms with Crippen LogP contribution < -0.4 is 11.1 Å². The average Bonchev–Trinajstić information content (AvgIpc) is 2.09. The maximum atomic E-state index is 11.8. The maximum Gasteiger partial charge on any atom is 0.390 e. The van der Waals surface area contributed by atoms with E-state index in [2.05, 4.69) is 10.3 Å². The highest BCUT2D eigenvalue weighted by Crippen LogP contribution is 2.19. The van der Waals surface area contributed by atoms with E-state index in [1.807, 2.05) is 0 Å². The van der Waals surface area contributed by atoms with Crippen molar-refractivity contribution in [1.29, 1.82) is 0 Å². The molecule has 0 saturated carbocycles. The van der Waals surface area contributed by atoms with E-state index in [0.717, 1.165) is 0 Å². The number of nitrogens with zero attached hydrogens (tertiary/aromatic N) is 1. The van der Waals surface area contributed by atoms with Crippen LogP contribution in [-0.4, -0.2) is 17.7 Å². The lowest BCUT2D eigenvalue weighted by molar-refractivity contribution is -0.131. The second-order valence-electron chi connectivity index (χ2n) is 3.16. The number of anilines is 2. The molecule has 0 aliphatic heterocycles. The Morgan fingerprint density at radius 2 is 2.07 bits per heavy atom.